The Hall–Kier alpha value is -3.02. The SMILES string of the molecule is Cc1c(C(=O)NCCc2cnc(C3CC3)nc2)c2ccccc2[nH]c1=O. The first kappa shape index (κ1) is 16.4. The van der Waals surface area contributed by atoms with Gasteiger partial charge in [-0.2, -0.15) is 0 Å². The number of para-hydroxylation sites is 1. The molecule has 1 aliphatic carbocycles. The lowest BCUT2D eigenvalue weighted by Crippen LogP contribution is -2.29. The highest BCUT2D eigenvalue weighted by Gasteiger charge is 2.26. The van der Waals surface area contributed by atoms with E-state index in [1.165, 1.54) is 12.8 Å². The quantitative estimate of drug-likeness (QED) is 0.741. The smallest absolute Gasteiger partial charge is 0.252 e. The fraction of sp³-hybridized carbons (Fsp3) is 0.300. The van der Waals surface area contributed by atoms with Crippen LogP contribution in [0.1, 0.15) is 46.1 Å². The number of benzene rings is 1. The summed E-state index contributed by atoms with van der Waals surface area (Å²) in [5, 5.41) is 3.66. The van der Waals surface area contributed by atoms with Crippen LogP contribution in [-0.2, 0) is 6.42 Å². The van der Waals surface area contributed by atoms with Gasteiger partial charge in [-0.05, 0) is 37.8 Å². The predicted octanol–water partition coefficient (Wildman–Crippen LogP) is 2.48. The first-order valence-electron chi connectivity index (χ1n) is 8.84. The molecule has 1 aliphatic rings. The minimum Gasteiger partial charge on any atom is -0.352 e. The van der Waals surface area contributed by atoms with Gasteiger partial charge in [0.05, 0.1) is 5.56 Å². The van der Waals surface area contributed by atoms with Gasteiger partial charge in [0, 0.05) is 41.3 Å². The third-order valence-corrected chi connectivity index (χ3v) is 4.75. The van der Waals surface area contributed by atoms with Gasteiger partial charge in [0.1, 0.15) is 5.82 Å². The minimum absolute atomic E-state index is 0.236. The van der Waals surface area contributed by atoms with Crippen molar-refractivity contribution in [1.29, 1.82) is 0 Å². The minimum atomic E-state index is -0.238. The Morgan fingerprint density at radius 3 is 2.69 bits per heavy atom. The van der Waals surface area contributed by atoms with Gasteiger partial charge in [-0.1, -0.05) is 18.2 Å². The molecule has 0 aliphatic heterocycles. The van der Waals surface area contributed by atoms with Gasteiger partial charge in [-0.3, -0.25) is 9.59 Å². The van der Waals surface area contributed by atoms with Gasteiger partial charge in [0.2, 0.25) is 0 Å². The van der Waals surface area contributed by atoms with Crippen molar-refractivity contribution in [2.75, 3.05) is 6.54 Å². The maximum Gasteiger partial charge on any atom is 0.252 e. The van der Waals surface area contributed by atoms with Gasteiger partial charge in [-0.15, -0.1) is 0 Å². The highest BCUT2D eigenvalue weighted by atomic mass is 16.2. The van der Waals surface area contributed by atoms with Crippen molar-refractivity contribution in [2.45, 2.75) is 32.1 Å². The van der Waals surface area contributed by atoms with Crippen LogP contribution in [0.4, 0.5) is 0 Å². The van der Waals surface area contributed by atoms with E-state index in [9.17, 15) is 9.59 Å². The number of H-pyrrole nitrogens is 1. The number of carbonyl (C=O) groups excluding carboxylic acids is 1. The zero-order valence-electron chi connectivity index (χ0n) is 14.6. The van der Waals surface area contributed by atoms with Crippen LogP contribution >= 0.6 is 0 Å². The summed E-state index contributed by atoms with van der Waals surface area (Å²) in [4.78, 5) is 36.4. The number of pyridine rings is 1. The summed E-state index contributed by atoms with van der Waals surface area (Å²) >= 11 is 0. The van der Waals surface area contributed by atoms with Gasteiger partial charge < -0.3 is 10.3 Å². The van der Waals surface area contributed by atoms with Crippen molar-refractivity contribution in [3.8, 4) is 0 Å². The molecule has 132 valence electrons. The van der Waals surface area contributed by atoms with E-state index in [1.807, 2.05) is 30.6 Å². The Morgan fingerprint density at radius 2 is 1.96 bits per heavy atom. The number of nitrogens with one attached hydrogen (secondary N) is 2. The van der Waals surface area contributed by atoms with Crippen LogP contribution in [0.2, 0.25) is 0 Å². The Balaban J connectivity index is 1.47. The number of hydrogen-bond donors (Lipinski definition) is 2. The van der Waals surface area contributed by atoms with Gasteiger partial charge in [0.15, 0.2) is 0 Å². The number of nitrogens with zero attached hydrogens (tertiary/aromatic N) is 2. The maximum atomic E-state index is 12.7. The lowest BCUT2D eigenvalue weighted by atomic mass is 10.0. The maximum absolute atomic E-state index is 12.7. The summed E-state index contributed by atoms with van der Waals surface area (Å²) in [6, 6.07) is 7.33. The van der Waals surface area contributed by atoms with Crippen molar-refractivity contribution in [3.63, 3.8) is 0 Å². The zero-order valence-corrected chi connectivity index (χ0v) is 14.6. The van der Waals surface area contributed by atoms with Crippen LogP contribution in [0.15, 0.2) is 41.5 Å². The molecule has 2 aromatic heterocycles. The average Bonchev–Trinajstić information content (AvgIpc) is 3.48. The summed E-state index contributed by atoms with van der Waals surface area (Å²) in [5.41, 5.74) is 2.28. The Labute approximate surface area is 150 Å². The fourth-order valence-corrected chi connectivity index (χ4v) is 3.09. The van der Waals surface area contributed by atoms with E-state index in [2.05, 4.69) is 20.3 Å². The van der Waals surface area contributed by atoms with Crippen LogP contribution in [-0.4, -0.2) is 27.4 Å². The summed E-state index contributed by atoms with van der Waals surface area (Å²) < 4.78 is 0. The predicted molar refractivity (Wildman–Crippen MR) is 99.3 cm³/mol. The molecule has 2 N–H and O–H groups in total. The number of hydrogen-bond acceptors (Lipinski definition) is 4. The van der Waals surface area contributed by atoms with Crippen LogP contribution in [0.3, 0.4) is 0 Å². The molecule has 3 aromatic rings. The molecule has 0 atom stereocenters. The molecule has 1 aromatic carbocycles. The highest BCUT2D eigenvalue weighted by molar-refractivity contribution is 6.07. The van der Waals surface area contributed by atoms with E-state index in [0.717, 1.165) is 16.8 Å². The summed E-state index contributed by atoms with van der Waals surface area (Å²) in [6.07, 6.45) is 6.68. The standard InChI is InChI=1S/C20H20N4O2/c1-12-17(15-4-2-3-5-16(15)24-19(12)25)20(26)21-9-8-13-10-22-18(23-11-13)14-6-7-14/h2-5,10-11,14H,6-9H2,1H3,(H,21,26)(H,24,25). The molecular formula is C20H20N4O2. The fourth-order valence-electron chi connectivity index (χ4n) is 3.09. The van der Waals surface area contributed by atoms with Crippen molar-refractivity contribution in [2.24, 2.45) is 0 Å². The molecule has 0 spiro atoms. The molecule has 4 rings (SSSR count). The third-order valence-electron chi connectivity index (χ3n) is 4.75. The van der Waals surface area contributed by atoms with Crippen LogP contribution in [0.5, 0.6) is 0 Å². The van der Waals surface area contributed by atoms with Crippen molar-refractivity contribution in [3.05, 3.63) is 69.5 Å². The van der Waals surface area contributed by atoms with Gasteiger partial charge in [-0.25, -0.2) is 9.97 Å². The Morgan fingerprint density at radius 1 is 1.23 bits per heavy atom. The normalized spacial score (nSPS) is 13.7. The van der Waals surface area contributed by atoms with Gasteiger partial charge in [0.25, 0.3) is 11.5 Å². The molecule has 0 radical (unpaired) electrons. The van der Waals surface area contributed by atoms with E-state index < -0.39 is 0 Å². The molecule has 2 heterocycles. The molecule has 0 bridgehead atoms. The highest BCUT2D eigenvalue weighted by Crippen LogP contribution is 2.37. The number of aromatic amines is 1. The molecule has 1 amide bonds. The van der Waals surface area contributed by atoms with Crippen LogP contribution in [0.25, 0.3) is 10.9 Å². The van der Waals surface area contributed by atoms with E-state index in [4.69, 9.17) is 0 Å². The van der Waals surface area contributed by atoms with Crippen LogP contribution in [0, 0.1) is 6.92 Å². The Bertz CT molecular complexity index is 1020. The lowest BCUT2D eigenvalue weighted by molar-refractivity contribution is 0.0955. The monoisotopic (exact) mass is 348 g/mol. The van der Waals surface area contributed by atoms with Crippen molar-refractivity contribution in [1.82, 2.24) is 20.3 Å². The number of amides is 1. The average molecular weight is 348 g/mol. The second-order valence-electron chi connectivity index (χ2n) is 6.73. The Kier molecular flexibility index (Phi) is 4.24. The second kappa shape index (κ2) is 6.71. The van der Waals surface area contributed by atoms with Gasteiger partial charge >= 0.3 is 0 Å². The topological polar surface area (TPSA) is 87.7 Å². The molecule has 26 heavy (non-hydrogen) atoms. The number of aromatic nitrogens is 3. The molecule has 6 nitrogen and oxygen atoms in total. The van der Waals surface area contributed by atoms with E-state index >= 15 is 0 Å². The second-order valence-corrected chi connectivity index (χ2v) is 6.73. The third kappa shape index (κ3) is 3.22. The molecular weight excluding hydrogens is 328 g/mol. The first-order valence-corrected chi connectivity index (χ1v) is 8.84. The van der Waals surface area contributed by atoms with Crippen molar-refractivity contribution >= 4 is 16.8 Å². The lowest BCUT2D eigenvalue weighted by Gasteiger charge is -2.10. The number of carbonyl (C=O) groups is 1. The molecule has 0 saturated heterocycles. The number of rotatable bonds is 5. The largest absolute Gasteiger partial charge is 0.352 e. The molecule has 0 unspecified atom stereocenters. The summed E-state index contributed by atoms with van der Waals surface area (Å²) in [7, 11) is 0. The molecule has 6 heteroatoms. The van der Waals surface area contributed by atoms with E-state index in [0.29, 0.717) is 35.5 Å². The van der Waals surface area contributed by atoms with Crippen molar-refractivity contribution < 1.29 is 4.79 Å². The van der Waals surface area contributed by atoms with Crippen LogP contribution < -0.4 is 10.9 Å². The first-order chi connectivity index (χ1) is 12.6. The zero-order chi connectivity index (χ0) is 18.1. The summed E-state index contributed by atoms with van der Waals surface area (Å²) in [6.45, 7) is 2.14. The molecule has 1 fully saturated rings. The van der Waals surface area contributed by atoms with E-state index in [-0.39, 0.29) is 11.5 Å². The molecule has 1 saturated carbocycles. The van der Waals surface area contributed by atoms with E-state index in [1.54, 1.807) is 13.0 Å². The number of fused-ring (bicyclic) bond motifs is 1. The summed E-state index contributed by atoms with van der Waals surface area (Å²) in [5.74, 6) is 1.22.